The summed E-state index contributed by atoms with van der Waals surface area (Å²) >= 11 is 0. The first kappa shape index (κ1) is 14.7. The SMILES string of the molecule is COc1cc(-c2nccn2[C@@H]2C[C@H]3C(=O)NCC(=O)N3C2)ccn1. The second kappa shape index (κ2) is 5.63. The number of nitrogens with one attached hydrogen (secondary N) is 1. The topological polar surface area (TPSA) is 89.3 Å². The number of rotatable bonds is 3. The maximum absolute atomic E-state index is 12.0. The summed E-state index contributed by atoms with van der Waals surface area (Å²) in [5.41, 5.74) is 0.882. The molecule has 0 radical (unpaired) electrons. The molecule has 24 heavy (non-hydrogen) atoms. The van der Waals surface area contributed by atoms with Crippen LogP contribution in [0.5, 0.6) is 5.88 Å². The fraction of sp³-hybridized carbons (Fsp3) is 0.375. The number of carbonyl (C=O) groups is 2. The van der Waals surface area contributed by atoms with Gasteiger partial charge in [-0.1, -0.05) is 0 Å². The molecule has 1 N–H and O–H groups in total. The summed E-state index contributed by atoms with van der Waals surface area (Å²) < 4.78 is 7.19. The van der Waals surface area contributed by atoms with E-state index in [1.54, 1.807) is 24.4 Å². The van der Waals surface area contributed by atoms with Gasteiger partial charge in [-0.3, -0.25) is 9.59 Å². The van der Waals surface area contributed by atoms with E-state index in [1.165, 1.54) is 0 Å². The number of hydrogen-bond acceptors (Lipinski definition) is 5. The van der Waals surface area contributed by atoms with Crippen molar-refractivity contribution >= 4 is 11.8 Å². The number of nitrogens with zero attached hydrogens (tertiary/aromatic N) is 4. The van der Waals surface area contributed by atoms with Gasteiger partial charge in [0.1, 0.15) is 11.9 Å². The van der Waals surface area contributed by atoms with Crippen LogP contribution in [0.15, 0.2) is 30.7 Å². The van der Waals surface area contributed by atoms with Gasteiger partial charge in [0.15, 0.2) is 0 Å². The summed E-state index contributed by atoms with van der Waals surface area (Å²) in [6.07, 6.45) is 5.86. The Morgan fingerprint density at radius 3 is 2.96 bits per heavy atom. The Morgan fingerprint density at radius 1 is 1.29 bits per heavy atom. The first-order valence-corrected chi connectivity index (χ1v) is 7.78. The Morgan fingerprint density at radius 2 is 2.17 bits per heavy atom. The van der Waals surface area contributed by atoms with Crippen LogP contribution in [0.1, 0.15) is 12.5 Å². The van der Waals surface area contributed by atoms with E-state index in [-0.39, 0.29) is 24.4 Å². The lowest BCUT2D eigenvalue weighted by Crippen LogP contribution is -2.55. The van der Waals surface area contributed by atoms with Gasteiger partial charge in [0.25, 0.3) is 0 Å². The number of aromatic nitrogens is 3. The van der Waals surface area contributed by atoms with Gasteiger partial charge < -0.3 is 19.5 Å². The van der Waals surface area contributed by atoms with E-state index in [2.05, 4.69) is 15.3 Å². The lowest BCUT2D eigenvalue weighted by Gasteiger charge is -2.28. The van der Waals surface area contributed by atoms with Crippen LogP contribution in [0.4, 0.5) is 0 Å². The fourth-order valence-corrected chi connectivity index (χ4v) is 3.41. The summed E-state index contributed by atoms with van der Waals surface area (Å²) in [6.45, 7) is 0.600. The van der Waals surface area contributed by atoms with Gasteiger partial charge in [-0.15, -0.1) is 0 Å². The zero-order valence-corrected chi connectivity index (χ0v) is 13.2. The first-order valence-electron chi connectivity index (χ1n) is 7.78. The van der Waals surface area contributed by atoms with Crippen LogP contribution in [-0.4, -0.2) is 57.5 Å². The normalized spacial score (nSPS) is 23.1. The third-order valence-electron chi connectivity index (χ3n) is 4.58. The van der Waals surface area contributed by atoms with E-state index in [1.807, 2.05) is 22.9 Å². The molecule has 0 spiro atoms. The van der Waals surface area contributed by atoms with E-state index in [4.69, 9.17) is 4.74 Å². The van der Waals surface area contributed by atoms with Crippen molar-refractivity contribution in [3.05, 3.63) is 30.7 Å². The maximum atomic E-state index is 12.0. The number of piperazine rings is 1. The molecule has 2 aromatic rings. The second-order valence-corrected chi connectivity index (χ2v) is 5.91. The Kier molecular flexibility index (Phi) is 3.44. The summed E-state index contributed by atoms with van der Waals surface area (Å²) in [4.78, 5) is 34.3. The summed E-state index contributed by atoms with van der Waals surface area (Å²) in [5.74, 6) is 1.17. The molecule has 4 heterocycles. The predicted molar refractivity (Wildman–Crippen MR) is 84.2 cm³/mol. The lowest BCUT2D eigenvalue weighted by molar-refractivity contribution is -0.143. The third-order valence-corrected chi connectivity index (χ3v) is 4.58. The van der Waals surface area contributed by atoms with Crippen molar-refractivity contribution in [3.63, 3.8) is 0 Å². The molecule has 2 aromatic heterocycles. The minimum atomic E-state index is -0.390. The molecule has 8 nitrogen and oxygen atoms in total. The van der Waals surface area contributed by atoms with Gasteiger partial charge in [0.05, 0.1) is 19.7 Å². The zero-order chi connectivity index (χ0) is 16.7. The van der Waals surface area contributed by atoms with Crippen LogP contribution in [0.2, 0.25) is 0 Å². The van der Waals surface area contributed by atoms with Gasteiger partial charge >= 0.3 is 0 Å². The molecule has 2 saturated heterocycles. The monoisotopic (exact) mass is 327 g/mol. The van der Waals surface area contributed by atoms with Crippen LogP contribution in [0.25, 0.3) is 11.4 Å². The molecule has 4 rings (SSSR count). The van der Waals surface area contributed by atoms with Crippen LogP contribution in [0, 0.1) is 0 Å². The zero-order valence-electron chi connectivity index (χ0n) is 13.2. The van der Waals surface area contributed by atoms with E-state index in [0.717, 1.165) is 11.4 Å². The van der Waals surface area contributed by atoms with Gasteiger partial charge in [-0.05, 0) is 12.5 Å². The van der Waals surface area contributed by atoms with Crippen LogP contribution >= 0.6 is 0 Å². The molecule has 0 aromatic carbocycles. The summed E-state index contributed by atoms with van der Waals surface area (Å²) in [6, 6.07) is 3.30. The quantitative estimate of drug-likeness (QED) is 0.871. The highest BCUT2D eigenvalue weighted by atomic mass is 16.5. The van der Waals surface area contributed by atoms with E-state index >= 15 is 0 Å². The average Bonchev–Trinajstić information content (AvgIpc) is 3.25. The van der Waals surface area contributed by atoms with Crippen molar-refractivity contribution in [2.45, 2.75) is 18.5 Å². The van der Waals surface area contributed by atoms with Crippen molar-refractivity contribution in [3.8, 4) is 17.3 Å². The molecule has 0 aliphatic carbocycles. The highest BCUT2D eigenvalue weighted by molar-refractivity contribution is 5.95. The molecule has 0 bridgehead atoms. The first-order chi connectivity index (χ1) is 11.7. The molecule has 2 aliphatic rings. The maximum Gasteiger partial charge on any atom is 0.243 e. The molecule has 124 valence electrons. The average molecular weight is 327 g/mol. The van der Waals surface area contributed by atoms with Crippen LogP contribution < -0.4 is 10.1 Å². The Bertz CT molecular complexity index is 779. The predicted octanol–water partition coefficient (Wildman–Crippen LogP) is 0.225. The van der Waals surface area contributed by atoms with Crippen molar-refractivity contribution in [1.29, 1.82) is 0 Å². The van der Waals surface area contributed by atoms with E-state index < -0.39 is 6.04 Å². The summed E-state index contributed by atoms with van der Waals surface area (Å²) in [7, 11) is 1.57. The molecule has 2 amide bonds. The van der Waals surface area contributed by atoms with Crippen molar-refractivity contribution in [2.75, 3.05) is 20.2 Å². The smallest absolute Gasteiger partial charge is 0.243 e. The molecule has 0 saturated carbocycles. The van der Waals surface area contributed by atoms with Crippen LogP contribution in [-0.2, 0) is 9.59 Å². The van der Waals surface area contributed by atoms with Gasteiger partial charge in [-0.25, -0.2) is 9.97 Å². The number of fused-ring (bicyclic) bond motifs is 1. The minimum absolute atomic E-state index is 0.0134. The highest BCUT2D eigenvalue weighted by Crippen LogP contribution is 2.32. The van der Waals surface area contributed by atoms with Crippen LogP contribution in [0.3, 0.4) is 0 Å². The fourth-order valence-electron chi connectivity index (χ4n) is 3.41. The lowest BCUT2D eigenvalue weighted by atomic mass is 10.1. The molecular weight excluding hydrogens is 310 g/mol. The Balaban J connectivity index is 1.66. The minimum Gasteiger partial charge on any atom is -0.481 e. The van der Waals surface area contributed by atoms with Gasteiger partial charge in [-0.2, -0.15) is 0 Å². The van der Waals surface area contributed by atoms with Crippen molar-refractivity contribution < 1.29 is 14.3 Å². The molecule has 2 atom stereocenters. The molecule has 8 heteroatoms. The highest BCUT2D eigenvalue weighted by Gasteiger charge is 2.43. The van der Waals surface area contributed by atoms with E-state index in [9.17, 15) is 9.59 Å². The number of hydrogen-bond donors (Lipinski definition) is 1. The van der Waals surface area contributed by atoms with Gasteiger partial charge in [0, 0.05) is 36.8 Å². The Labute approximate surface area is 138 Å². The third kappa shape index (κ3) is 2.31. The summed E-state index contributed by atoms with van der Waals surface area (Å²) in [5, 5.41) is 2.65. The number of pyridine rings is 1. The van der Waals surface area contributed by atoms with Crippen molar-refractivity contribution in [1.82, 2.24) is 24.8 Å². The number of amides is 2. The number of imidazole rings is 1. The Hall–Kier alpha value is -2.90. The number of ether oxygens (including phenoxy) is 1. The molecular formula is C16H17N5O3. The molecule has 0 unspecified atom stereocenters. The van der Waals surface area contributed by atoms with E-state index in [0.29, 0.717) is 18.8 Å². The largest absolute Gasteiger partial charge is 0.481 e. The second-order valence-electron chi connectivity index (χ2n) is 5.91. The molecule has 2 aliphatic heterocycles. The van der Waals surface area contributed by atoms with Crippen molar-refractivity contribution in [2.24, 2.45) is 0 Å². The molecule has 2 fully saturated rings. The van der Waals surface area contributed by atoms with Gasteiger partial charge in [0.2, 0.25) is 17.7 Å². The number of methoxy groups -OCH3 is 1. The standard InChI is InChI=1S/C16H17N5O3/c1-24-13-6-10(2-3-17-13)15-18-4-5-20(15)11-7-12-16(23)19-8-14(22)21(12)9-11/h2-6,11-12H,7-9H2,1H3,(H,19,23)/t11-,12+/m1/s1. The number of carbonyl (C=O) groups excluding carboxylic acids is 2.